The Morgan fingerprint density at radius 1 is 1.19 bits per heavy atom. The molecule has 0 radical (unpaired) electrons. The molecule has 0 aliphatic carbocycles. The van der Waals surface area contributed by atoms with Crippen LogP contribution in [0.4, 0.5) is 4.39 Å². The maximum atomic E-state index is 13.1. The molecule has 6 heteroatoms. The minimum Gasteiger partial charge on any atom is -0.341 e. The number of hydrogen-bond donors (Lipinski definition) is 1. The maximum Gasteiger partial charge on any atom is 0.257 e. The largest absolute Gasteiger partial charge is 0.341 e. The number of benzene rings is 2. The second-order valence-electron chi connectivity index (χ2n) is 5.49. The number of aromatic nitrogens is 2. The van der Waals surface area contributed by atoms with Crippen LogP contribution < -0.4 is 5.32 Å². The van der Waals surface area contributed by atoms with Gasteiger partial charge < -0.3 is 5.32 Å². The number of carbonyl (C=O) groups is 1. The summed E-state index contributed by atoms with van der Waals surface area (Å²) in [7, 11) is 0. The molecular formula is C20H15ClFN3O. The Balaban J connectivity index is 1.74. The zero-order valence-electron chi connectivity index (χ0n) is 14.0. The standard InChI is InChI=1S/C20H15ClFN3O/c1-14-18(19(21)25(24-14)17-11-9-16(22)10-12-17)20(26)23-13-5-8-15-6-3-2-4-7-15/h2-4,6-7,9-12H,13H2,1H3,(H,23,26). The minimum atomic E-state index is -0.358. The van der Waals surface area contributed by atoms with Crippen LogP contribution in [0.3, 0.4) is 0 Å². The number of halogens is 2. The third kappa shape index (κ3) is 3.93. The van der Waals surface area contributed by atoms with Crippen LogP contribution in [0.1, 0.15) is 21.6 Å². The first-order valence-electron chi connectivity index (χ1n) is 7.89. The summed E-state index contributed by atoms with van der Waals surface area (Å²) < 4.78 is 14.5. The lowest BCUT2D eigenvalue weighted by molar-refractivity contribution is 0.0958. The second-order valence-corrected chi connectivity index (χ2v) is 5.85. The van der Waals surface area contributed by atoms with E-state index in [0.29, 0.717) is 11.4 Å². The number of nitrogens with one attached hydrogen (secondary N) is 1. The van der Waals surface area contributed by atoms with Crippen LogP contribution in [0.15, 0.2) is 54.6 Å². The van der Waals surface area contributed by atoms with Gasteiger partial charge in [0, 0.05) is 5.56 Å². The number of amides is 1. The van der Waals surface area contributed by atoms with E-state index >= 15 is 0 Å². The van der Waals surface area contributed by atoms with Crippen LogP contribution in [-0.2, 0) is 0 Å². The predicted molar refractivity (Wildman–Crippen MR) is 98.9 cm³/mol. The Hall–Kier alpha value is -3.10. The lowest BCUT2D eigenvalue weighted by Crippen LogP contribution is -2.24. The van der Waals surface area contributed by atoms with E-state index in [1.54, 1.807) is 19.1 Å². The molecule has 1 heterocycles. The molecule has 0 fully saturated rings. The average molecular weight is 368 g/mol. The van der Waals surface area contributed by atoms with Crippen LogP contribution >= 0.6 is 11.6 Å². The van der Waals surface area contributed by atoms with Crippen molar-refractivity contribution in [1.82, 2.24) is 15.1 Å². The molecule has 130 valence electrons. The summed E-state index contributed by atoms with van der Waals surface area (Å²) in [5.74, 6) is 5.14. The van der Waals surface area contributed by atoms with Gasteiger partial charge in [0.15, 0.2) is 0 Å². The van der Waals surface area contributed by atoms with Gasteiger partial charge in [-0.2, -0.15) is 5.10 Å². The summed E-state index contributed by atoms with van der Waals surface area (Å²) in [6.45, 7) is 1.88. The van der Waals surface area contributed by atoms with Crippen molar-refractivity contribution in [3.63, 3.8) is 0 Å². The summed E-state index contributed by atoms with van der Waals surface area (Å²) in [4.78, 5) is 12.4. The van der Waals surface area contributed by atoms with Crippen LogP contribution in [0, 0.1) is 24.6 Å². The van der Waals surface area contributed by atoms with E-state index in [-0.39, 0.29) is 29.0 Å². The first-order valence-corrected chi connectivity index (χ1v) is 8.27. The summed E-state index contributed by atoms with van der Waals surface area (Å²) in [6.07, 6.45) is 0. The fourth-order valence-corrected chi connectivity index (χ4v) is 2.75. The Morgan fingerprint density at radius 3 is 2.58 bits per heavy atom. The van der Waals surface area contributed by atoms with Gasteiger partial charge >= 0.3 is 0 Å². The topological polar surface area (TPSA) is 46.9 Å². The lowest BCUT2D eigenvalue weighted by atomic mass is 10.2. The first-order chi connectivity index (χ1) is 12.6. The maximum absolute atomic E-state index is 13.1. The molecule has 2 aromatic carbocycles. The highest BCUT2D eigenvalue weighted by Crippen LogP contribution is 2.23. The Kier molecular flexibility index (Phi) is 5.35. The Bertz CT molecular complexity index is 986. The number of aryl methyl sites for hydroxylation is 1. The molecule has 0 atom stereocenters. The van der Waals surface area contributed by atoms with Gasteiger partial charge in [-0.1, -0.05) is 41.6 Å². The van der Waals surface area contributed by atoms with E-state index in [2.05, 4.69) is 22.3 Å². The number of nitrogens with zero attached hydrogens (tertiary/aromatic N) is 2. The van der Waals surface area contributed by atoms with Crippen molar-refractivity contribution in [1.29, 1.82) is 0 Å². The molecule has 26 heavy (non-hydrogen) atoms. The highest BCUT2D eigenvalue weighted by atomic mass is 35.5. The van der Waals surface area contributed by atoms with Crippen LogP contribution in [0.25, 0.3) is 5.69 Å². The number of rotatable bonds is 3. The van der Waals surface area contributed by atoms with Gasteiger partial charge in [0.2, 0.25) is 0 Å². The summed E-state index contributed by atoms with van der Waals surface area (Å²) >= 11 is 6.32. The van der Waals surface area contributed by atoms with Crippen molar-refractivity contribution in [2.75, 3.05) is 6.54 Å². The van der Waals surface area contributed by atoms with Gasteiger partial charge in [-0.15, -0.1) is 0 Å². The highest BCUT2D eigenvalue weighted by Gasteiger charge is 2.20. The van der Waals surface area contributed by atoms with Crippen molar-refractivity contribution < 1.29 is 9.18 Å². The lowest BCUT2D eigenvalue weighted by Gasteiger charge is -2.04. The fraction of sp³-hybridized carbons (Fsp3) is 0.100. The first kappa shape index (κ1) is 17.7. The molecule has 0 spiro atoms. The van der Waals surface area contributed by atoms with Gasteiger partial charge in [0.25, 0.3) is 5.91 Å². The molecule has 0 saturated heterocycles. The van der Waals surface area contributed by atoms with E-state index in [4.69, 9.17) is 11.6 Å². The quantitative estimate of drug-likeness (QED) is 0.716. The van der Waals surface area contributed by atoms with Crippen molar-refractivity contribution >= 4 is 17.5 Å². The summed E-state index contributed by atoms with van der Waals surface area (Å²) in [5.41, 5.74) is 2.20. The second kappa shape index (κ2) is 7.85. The smallest absolute Gasteiger partial charge is 0.257 e. The van der Waals surface area contributed by atoms with Crippen LogP contribution in [0.2, 0.25) is 5.15 Å². The molecule has 1 aromatic heterocycles. The third-order valence-corrected chi connectivity index (χ3v) is 4.00. The van der Waals surface area contributed by atoms with E-state index in [1.165, 1.54) is 16.8 Å². The van der Waals surface area contributed by atoms with Crippen molar-refractivity contribution in [2.24, 2.45) is 0 Å². The molecule has 1 N–H and O–H groups in total. The zero-order valence-corrected chi connectivity index (χ0v) is 14.7. The molecule has 3 aromatic rings. The van der Waals surface area contributed by atoms with Crippen molar-refractivity contribution in [3.8, 4) is 17.5 Å². The zero-order chi connectivity index (χ0) is 18.5. The highest BCUT2D eigenvalue weighted by molar-refractivity contribution is 6.33. The van der Waals surface area contributed by atoms with Gasteiger partial charge in [-0.25, -0.2) is 9.07 Å². The third-order valence-electron chi connectivity index (χ3n) is 3.65. The molecule has 4 nitrogen and oxygen atoms in total. The molecule has 0 bridgehead atoms. The van der Waals surface area contributed by atoms with E-state index in [1.807, 2.05) is 30.3 Å². The average Bonchev–Trinajstić information content (AvgIpc) is 2.94. The Labute approximate surface area is 155 Å². The van der Waals surface area contributed by atoms with Gasteiger partial charge in [0.05, 0.1) is 23.5 Å². The van der Waals surface area contributed by atoms with Gasteiger partial charge in [-0.05, 0) is 43.3 Å². The monoisotopic (exact) mass is 367 g/mol. The predicted octanol–water partition coefficient (Wildman–Crippen LogP) is 3.75. The van der Waals surface area contributed by atoms with E-state index in [0.717, 1.165) is 5.56 Å². The van der Waals surface area contributed by atoms with E-state index in [9.17, 15) is 9.18 Å². The van der Waals surface area contributed by atoms with Gasteiger partial charge in [0.1, 0.15) is 11.0 Å². The minimum absolute atomic E-state index is 0.169. The van der Waals surface area contributed by atoms with Crippen molar-refractivity contribution in [2.45, 2.75) is 6.92 Å². The number of hydrogen-bond acceptors (Lipinski definition) is 2. The summed E-state index contributed by atoms with van der Waals surface area (Å²) in [6, 6.07) is 15.2. The Morgan fingerprint density at radius 2 is 1.88 bits per heavy atom. The molecule has 1 amide bonds. The molecule has 0 unspecified atom stereocenters. The normalized spacial score (nSPS) is 10.1. The van der Waals surface area contributed by atoms with Crippen molar-refractivity contribution in [3.05, 3.63) is 82.4 Å². The summed E-state index contributed by atoms with van der Waals surface area (Å²) in [5, 5.41) is 7.16. The molecular weight excluding hydrogens is 353 g/mol. The molecule has 0 saturated carbocycles. The van der Waals surface area contributed by atoms with E-state index < -0.39 is 0 Å². The van der Waals surface area contributed by atoms with Crippen LogP contribution in [0.5, 0.6) is 0 Å². The van der Waals surface area contributed by atoms with Crippen LogP contribution in [-0.4, -0.2) is 22.2 Å². The number of carbonyl (C=O) groups excluding carboxylic acids is 1. The fourth-order valence-electron chi connectivity index (χ4n) is 2.39. The SMILES string of the molecule is Cc1nn(-c2ccc(F)cc2)c(Cl)c1C(=O)NCC#Cc1ccccc1. The molecule has 0 aliphatic heterocycles. The molecule has 0 aliphatic rings. The molecule has 3 rings (SSSR count). The van der Waals surface area contributed by atoms with Gasteiger partial charge in [-0.3, -0.25) is 4.79 Å².